The van der Waals surface area contributed by atoms with Crippen LogP contribution in [0.1, 0.15) is 28.2 Å². The monoisotopic (exact) mass is 268 g/mol. The van der Waals surface area contributed by atoms with Gasteiger partial charge in [-0.05, 0) is 47.2 Å². The highest BCUT2D eigenvalue weighted by Crippen LogP contribution is 2.35. The highest BCUT2D eigenvalue weighted by atomic mass is 19.1. The third-order valence-electron chi connectivity index (χ3n) is 3.93. The Labute approximate surface area is 118 Å². The number of aliphatic hydroxyl groups is 1. The first kappa shape index (κ1) is 13.1. The smallest absolute Gasteiger partial charge is 0.123 e. The van der Waals surface area contributed by atoms with Crippen molar-refractivity contribution in [1.29, 1.82) is 0 Å². The fourth-order valence-corrected chi connectivity index (χ4v) is 2.99. The third-order valence-corrected chi connectivity index (χ3v) is 3.93. The molecule has 1 N–H and O–H groups in total. The molecule has 0 aromatic heterocycles. The summed E-state index contributed by atoms with van der Waals surface area (Å²) in [5, 5.41) is 9.06. The van der Waals surface area contributed by atoms with E-state index >= 15 is 0 Å². The Balaban J connectivity index is 2.18. The Morgan fingerprint density at radius 1 is 1.05 bits per heavy atom. The molecule has 2 heteroatoms. The van der Waals surface area contributed by atoms with Crippen molar-refractivity contribution in [2.75, 3.05) is 6.61 Å². The molecular weight excluding hydrogens is 251 g/mol. The average molecular weight is 268 g/mol. The Hall–Kier alpha value is -1.93. The van der Waals surface area contributed by atoms with Gasteiger partial charge in [0.15, 0.2) is 0 Å². The molecule has 0 bridgehead atoms. The van der Waals surface area contributed by atoms with Gasteiger partial charge in [-0.3, -0.25) is 0 Å². The lowest BCUT2D eigenvalue weighted by Gasteiger charge is -2.17. The Morgan fingerprint density at radius 2 is 1.80 bits per heavy atom. The summed E-state index contributed by atoms with van der Waals surface area (Å²) in [6.45, 7) is 0.00329. The number of rotatable bonds is 2. The number of allylic oxidation sites excluding steroid dienone is 1. The zero-order valence-corrected chi connectivity index (χ0v) is 11.2. The van der Waals surface area contributed by atoms with Gasteiger partial charge >= 0.3 is 0 Å². The molecule has 2 aromatic carbocycles. The van der Waals surface area contributed by atoms with E-state index in [1.165, 1.54) is 22.8 Å². The Morgan fingerprint density at radius 3 is 2.60 bits per heavy atom. The molecule has 1 aliphatic rings. The first-order valence-electron chi connectivity index (χ1n) is 6.93. The summed E-state index contributed by atoms with van der Waals surface area (Å²) in [5.74, 6) is -0.183. The molecule has 1 nitrogen and oxygen atoms in total. The van der Waals surface area contributed by atoms with Crippen molar-refractivity contribution >= 4 is 0 Å². The lowest BCUT2D eigenvalue weighted by molar-refractivity contribution is 0.342. The van der Waals surface area contributed by atoms with E-state index in [1.54, 1.807) is 12.1 Å². The first-order valence-corrected chi connectivity index (χ1v) is 6.93. The number of aryl methyl sites for hydroxylation is 2. The summed E-state index contributed by atoms with van der Waals surface area (Å²) in [6, 6.07) is 13.3. The second kappa shape index (κ2) is 5.59. The van der Waals surface area contributed by atoms with Crippen molar-refractivity contribution < 1.29 is 9.50 Å². The van der Waals surface area contributed by atoms with Crippen LogP contribution < -0.4 is 0 Å². The SMILES string of the molecule is OC/C=C\C1c2ccccc2CCc2ccc(F)cc21. The molecular formula is C18H17FO. The topological polar surface area (TPSA) is 20.2 Å². The number of aliphatic hydroxyl groups excluding tert-OH is 1. The molecule has 0 saturated heterocycles. The van der Waals surface area contributed by atoms with Gasteiger partial charge in [0.1, 0.15) is 5.82 Å². The van der Waals surface area contributed by atoms with E-state index in [9.17, 15) is 4.39 Å². The molecule has 0 amide bonds. The van der Waals surface area contributed by atoms with Gasteiger partial charge in [-0.1, -0.05) is 42.5 Å². The molecule has 1 atom stereocenters. The summed E-state index contributed by atoms with van der Waals surface area (Å²) in [5.41, 5.74) is 4.72. The summed E-state index contributed by atoms with van der Waals surface area (Å²) >= 11 is 0. The lowest BCUT2D eigenvalue weighted by atomic mass is 9.88. The maximum Gasteiger partial charge on any atom is 0.123 e. The third kappa shape index (κ3) is 2.39. The van der Waals surface area contributed by atoms with E-state index in [4.69, 9.17) is 5.11 Å². The number of fused-ring (bicyclic) bond motifs is 2. The highest BCUT2D eigenvalue weighted by molar-refractivity contribution is 5.47. The van der Waals surface area contributed by atoms with Crippen LogP contribution in [0.2, 0.25) is 0 Å². The molecule has 1 aliphatic carbocycles. The van der Waals surface area contributed by atoms with Gasteiger partial charge < -0.3 is 5.11 Å². The van der Waals surface area contributed by atoms with E-state index in [-0.39, 0.29) is 18.3 Å². The fraction of sp³-hybridized carbons (Fsp3) is 0.222. The maximum absolute atomic E-state index is 13.6. The van der Waals surface area contributed by atoms with Gasteiger partial charge in [0, 0.05) is 5.92 Å². The number of hydrogen-bond acceptors (Lipinski definition) is 1. The quantitative estimate of drug-likeness (QED) is 0.825. The van der Waals surface area contributed by atoms with Gasteiger partial charge in [-0.15, -0.1) is 0 Å². The molecule has 0 saturated carbocycles. The summed E-state index contributed by atoms with van der Waals surface area (Å²) in [6.07, 6.45) is 5.61. The minimum absolute atomic E-state index is 0.00329. The van der Waals surface area contributed by atoms with Crippen LogP contribution in [0.15, 0.2) is 54.6 Å². The van der Waals surface area contributed by atoms with E-state index in [0.29, 0.717) is 0 Å². The predicted molar refractivity (Wildman–Crippen MR) is 78.3 cm³/mol. The largest absolute Gasteiger partial charge is 0.392 e. The van der Waals surface area contributed by atoms with Crippen LogP contribution in [0.5, 0.6) is 0 Å². The van der Waals surface area contributed by atoms with Gasteiger partial charge in [0.05, 0.1) is 6.61 Å². The standard InChI is InChI=1S/C18H17FO/c19-15-10-9-14-8-7-13-4-1-2-5-16(13)17(6-3-11-20)18(14)12-15/h1-6,9-10,12,17,20H,7-8,11H2/b6-3-. The van der Waals surface area contributed by atoms with Crippen LogP contribution in [-0.4, -0.2) is 11.7 Å². The lowest BCUT2D eigenvalue weighted by Crippen LogP contribution is -2.02. The zero-order chi connectivity index (χ0) is 13.9. The van der Waals surface area contributed by atoms with E-state index in [2.05, 4.69) is 12.1 Å². The fourth-order valence-electron chi connectivity index (χ4n) is 2.99. The molecule has 0 fully saturated rings. The summed E-state index contributed by atoms with van der Waals surface area (Å²) < 4.78 is 13.6. The Kier molecular flexibility index (Phi) is 3.66. The van der Waals surface area contributed by atoms with Crippen LogP contribution in [0.3, 0.4) is 0 Å². The maximum atomic E-state index is 13.6. The van der Waals surface area contributed by atoms with Crippen molar-refractivity contribution in [3.8, 4) is 0 Å². The number of hydrogen-bond donors (Lipinski definition) is 1. The van der Waals surface area contributed by atoms with Crippen molar-refractivity contribution in [2.45, 2.75) is 18.8 Å². The van der Waals surface area contributed by atoms with Gasteiger partial charge in [-0.25, -0.2) is 4.39 Å². The molecule has 0 heterocycles. The summed E-state index contributed by atoms with van der Waals surface area (Å²) in [7, 11) is 0. The van der Waals surface area contributed by atoms with Gasteiger partial charge in [0.2, 0.25) is 0 Å². The number of benzene rings is 2. The van der Waals surface area contributed by atoms with Crippen LogP contribution in [-0.2, 0) is 12.8 Å². The minimum Gasteiger partial charge on any atom is -0.392 e. The van der Waals surface area contributed by atoms with Gasteiger partial charge in [-0.2, -0.15) is 0 Å². The van der Waals surface area contributed by atoms with Crippen LogP contribution in [0.4, 0.5) is 4.39 Å². The van der Waals surface area contributed by atoms with Crippen LogP contribution in [0, 0.1) is 5.82 Å². The normalized spacial score (nSPS) is 17.6. The van der Waals surface area contributed by atoms with Crippen LogP contribution >= 0.6 is 0 Å². The molecule has 2 aromatic rings. The molecule has 20 heavy (non-hydrogen) atoms. The molecule has 102 valence electrons. The second-order valence-corrected chi connectivity index (χ2v) is 5.13. The molecule has 0 radical (unpaired) electrons. The predicted octanol–water partition coefficient (Wildman–Crippen LogP) is 3.60. The molecule has 0 spiro atoms. The average Bonchev–Trinajstić information content (AvgIpc) is 2.62. The van der Waals surface area contributed by atoms with Gasteiger partial charge in [0.25, 0.3) is 0 Å². The van der Waals surface area contributed by atoms with Crippen molar-refractivity contribution in [3.63, 3.8) is 0 Å². The van der Waals surface area contributed by atoms with E-state index in [0.717, 1.165) is 18.4 Å². The molecule has 0 aliphatic heterocycles. The first-order chi connectivity index (χ1) is 9.79. The van der Waals surface area contributed by atoms with Crippen molar-refractivity contribution in [1.82, 2.24) is 0 Å². The molecule has 1 unspecified atom stereocenters. The van der Waals surface area contributed by atoms with Crippen molar-refractivity contribution in [3.05, 3.63) is 82.7 Å². The highest BCUT2D eigenvalue weighted by Gasteiger charge is 2.21. The van der Waals surface area contributed by atoms with E-state index in [1.807, 2.05) is 24.3 Å². The summed E-state index contributed by atoms with van der Waals surface area (Å²) in [4.78, 5) is 0. The minimum atomic E-state index is -0.203. The van der Waals surface area contributed by atoms with Crippen LogP contribution in [0.25, 0.3) is 0 Å². The van der Waals surface area contributed by atoms with Crippen molar-refractivity contribution in [2.24, 2.45) is 0 Å². The second-order valence-electron chi connectivity index (χ2n) is 5.13. The number of halogens is 1. The zero-order valence-electron chi connectivity index (χ0n) is 11.2. The van der Waals surface area contributed by atoms with E-state index < -0.39 is 0 Å². The molecule has 3 rings (SSSR count). The Bertz CT molecular complexity index is 646.